The van der Waals surface area contributed by atoms with Crippen molar-refractivity contribution >= 4 is 17.1 Å². The van der Waals surface area contributed by atoms with Gasteiger partial charge >= 0.3 is 0 Å². The Balaban J connectivity index is 1.88. The van der Waals surface area contributed by atoms with Crippen molar-refractivity contribution in [1.29, 1.82) is 0 Å². The molecule has 0 amide bonds. The summed E-state index contributed by atoms with van der Waals surface area (Å²) in [5, 5.41) is 6.39. The highest BCUT2D eigenvalue weighted by Crippen LogP contribution is 2.13. The van der Waals surface area contributed by atoms with Crippen molar-refractivity contribution in [2.24, 2.45) is 0 Å². The Hall–Kier alpha value is -1.49. The van der Waals surface area contributed by atoms with Crippen LogP contribution in [0.15, 0.2) is 17.5 Å². The standard InChI is InChI=1S/C14H19N3OS/c1-3-13-15-14(4-2)17(16-13)9-5-7-11(18)12-8-6-10-19-12/h6,8,10H,3-5,7,9H2,1-2H3. The van der Waals surface area contributed by atoms with Gasteiger partial charge in [0.2, 0.25) is 0 Å². The van der Waals surface area contributed by atoms with E-state index in [9.17, 15) is 4.79 Å². The highest BCUT2D eigenvalue weighted by Gasteiger charge is 2.09. The van der Waals surface area contributed by atoms with Crippen LogP contribution in [0.25, 0.3) is 0 Å². The lowest BCUT2D eigenvalue weighted by Gasteiger charge is -2.03. The third kappa shape index (κ3) is 3.50. The van der Waals surface area contributed by atoms with Crippen LogP contribution < -0.4 is 0 Å². The number of hydrogen-bond donors (Lipinski definition) is 0. The molecule has 0 N–H and O–H groups in total. The summed E-state index contributed by atoms with van der Waals surface area (Å²) in [6.45, 7) is 4.91. The van der Waals surface area contributed by atoms with Crippen molar-refractivity contribution in [1.82, 2.24) is 14.8 Å². The van der Waals surface area contributed by atoms with Crippen LogP contribution in [0.5, 0.6) is 0 Å². The highest BCUT2D eigenvalue weighted by atomic mass is 32.1. The Labute approximate surface area is 117 Å². The minimum Gasteiger partial charge on any atom is -0.293 e. The zero-order valence-corrected chi connectivity index (χ0v) is 12.2. The summed E-state index contributed by atoms with van der Waals surface area (Å²) >= 11 is 1.51. The smallest absolute Gasteiger partial charge is 0.172 e. The number of thiophene rings is 1. The van der Waals surface area contributed by atoms with Crippen LogP contribution in [0.4, 0.5) is 0 Å². The second-order valence-electron chi connectivity index (χ2n) is 4.38. The van der Waals surface area contributed by atoms with E-state index >= 15 is 0 Å². The van der Waals surface area contributed by atoms with Gasteiger partial charge in [-0.15, -0.1) is 11.3 Å². The summed E-state index contributed by atoms with van der Waals surface area (Å²) in [5.41, 5.74) is 0. The lowest BCUT2D eigenvalue weighted by molar-refractivity contribution is 0.0982. The zero-order valence-electron chi connectivity index (χ0n) is 11.4. The van der Waals surface area contributed by atoms with Crippen LogP contribution in [0.1, 0.15) is 48.0 Å². The molecule has 0 atom stereocenters. The summed E-state index contributed by atoms with van der Waals surface area (Å²) in [6.07, 6.45) is 3.13. The molecule has 2 heterocycles. The van der Waals surface area contributed by atoms with Gasteiger partial charge in [-0.3, -0.25) is 4.79 Å². The normalized spacial score (nSPS) is 10.8. The van der Waals surface area contributed by atoms with Gasteiger partial charge in [0, 0.05) is 25.8 Å². The van der Waals surface area contributed by atoms with Crippen molar-refractivity contribution < 1.29 is 4.79 Å². The summed E-state index contributed by atoms with van der Waals surface area (Å²) < 4.78 is 1.94. The molecule has 2 aromatic heterocycles. The van der Waals surface area contributed by atoms with Crippen molar-refractivity contribution in [3.63, 3.8) is 0 Å². The average molecular weight is 277 g/mol. The molecule has 5 heteroatoms. The number of rotatable bonds is 7. The number of hydrogen-bond acceptors (Lipinski definition) is 4. The third-order valence-electron chi connectivity index (χ3n) is 2.99. The monoisotopic (exact) mass is 277 g/mol. The fourth-order valence-electron chi connectivity index (χ4n) is 1.97. The molecule has 0 aliphatic heterocycles. The van der Waals surface area contributed by atoms with Gasteiger partial charge < -0.3 is 0 Å². The summed E-state index contributed by atoms with van der Waals surface area (Å²) in [7, 11) is 0. The van der Waals surface area contributed by atoms with Gasteiger partial charge in [0.25, 0.3) is 0 Å². The highest BCUT2D eigenvalue weighted by molar-refractivity contribution is 7.12. The predicted molar refractivity (Wildman–Crippen MR) is 76.7 cm³/mol. The van der Waals surface area contributed by atoms with E-state index in [0.29, 0.717) is 6.42 Å². The number of ketones is 1. The maximum Gasteiger partial charge on any atom is 0.172 e. The first kappa shape index (κ1) is 13.9. The second kappa shape index (κ2) is 6.61. The Bertz CT molecular complexity index is 531. The molecule has 0 aliphatic carbocycles. The van der Waals surface area contributed by atoms with Gasteiger partial charge in [-0.2, -0.15) is 5.10 Å². The lowest BCUT2D eigenvalue weighted by atomic mass is 10.2. The van der Waals surface area contributed by atoms with Crippen LogP contribution in [-0.2, 0) is 19.4 Å². The molecule has 0 spiro atoms. The van der Waals surface area contributed by atoms with E-state index in [1.54, 1.807) is 0 Å². The number of aromatic nitrogens is 3. The molecule has 4 nitrogen and oxygen atoms in total. The van der Waals surface area contributed by atoms with Crippen molar-refractivity contribution in [2.45, 2.75) is 46.1 Å². The van der Waals surface area contributed by atoms with E-state index in [4.69, 9.17) is 0 Å². The number of carbonyl (C=O) groups is 1. The summed E-state index contributed by atoms with van der Waals surface area (Å²) in [4.78, 5) is 17.2. The first-order chi connectivity index (χ1) is 9.24. The van der Waals surface area contributed by atoms with E-state index in [1.807, 2.05) is 22.2 Å². The van der Waals surface area contributed by atoms with E-state index in [2.05, 4.69) is 23.9 Å². The van der Waals surface area contributed by atoms with Crippen LogP contribution >= 0.6 is 11.3 Å². The Morgan fingerprint density at radius 3 is 2.84 bits per heavy atom. The SMILES string of the molecule is CCc1nc(CC)n(CCCC(=O)c2cccs2)n1. The number of carbonyl (C=O) groups excluding carboxylic acids is 1. The van der Waals surface area contributed by atoms with Gasteiger partial charge in [0.1, 0.15) is 5.82 Å². The largest absolute Gasteiger partial charge is 0.293 e. The van der Waals surface area contributed by atoms with Crippen molar-refractivity contribution in [3.8, 4) is 0 Å². The molecule has 0 aromatic carbocycles. The van der Waals surface area contributed by atoms with Crippen LogP contribution in [-0.4, -0.2) is 20.5 Å². The Kier molecular flexibility index (Phi) is 4.85. The Morgan fingerprint density at radius 2 is 2.21 bits per heavy atom. The van der Waals surface area contributed by atoms with Crippen LogP contribution in [0.2, 0.25) is 0 Å². The maximum atomic E-state index is 11.9. The molecule has 0 radical (unpaired) electrons. The number of aryl methyl sites for hydroxylation is 3. The zero-order chi connectivity index (χ0) is 13.7. The topological polar surface area (TPSA) is 47.8 Å². The molecule has 2 aromatic rings. The predicted octanol–water partition coefficient (Wildman–Crippen LogP) is 3.13. The lowest BCUT2D eigenvalue weighted by Crippen LogP contribution is -2.07. The molecule has 19 heavy (non-hydrogen) atoms. The molecule has 0 saturated carbocycles. The van der Waals surface area contributed by atoms with E-state index in [1.165, 1.54) is 11.3 Å². The molecule has 0 unspecified atom stereocenters. The summed E-state index contributed by atoms with van der Waals surface area (Å²) in [6, 6.07) is 3.80. The van der Waals surface area contributed by atoms with Crippen molar-refractivity contribution in [2.75, 3.05) is 0 Å². The fourth-order valence-corrected chi connectivity index (χ4v) is 2.66. The molecule has 0 saturated heterocycles. The molecular formula is C14H19N3OS. The minimum absolute atomic E-state index is 0.226. The number of Topliss-reactive ketones (excluding diaryl/α,β-unsaturated/α-hetero) is 1. The van der Waals surface area contributed by atoms with Gasteiger partial charge in [0.15, 0.2) is 11.6 Å². The number of nitrogens with zero attached hydrogens (tertiary/aromatic N) is 3. The fraction of sp³-hybridized carbons (Fsp3) is 0.500. The molecule has 0 bridgehead atoms. The average Bonchev–Trinajstić information content (AvgIpc) is 3.07. The Morgan fingerprint density at radius 1 is 1.37 bits per heavy atom. The molecule has 0 fully saturated rings. The van der Waals surface area contributed by atoms with Crippen LogP contribution in [0.3, 0.4) is 0 Å². The van der Waals surface area contributed by atoms with Gasteiger partial charge in [-0.25, -0.2) is 9.67 Å². The van der Waals surface area contributed by atoms with Gasteiger partial charge in [0.05, 0.1) is 4.88 Å². The van der Waals surface area contributed by atoms with Gasteiger partial charge in [-0.05, 0) is 17.9 Å². The maximum absolute atomic E-state index is 11.9. The van der Waals surface area contributed by atoms with Crippen molar-refractivity contribution in [3.05, 3.63) is 34.0 Å². The molecule has 0 aliphatic rings. The van der Waals surface area contributed by atoms with Gasteiger partial charge in [-0.1, -0.05) is 19.9 Å². The first-order valence-electron chi connectivity index (χ1n) is 6.73. The minimum atomic E-state index is 0.226. The summed E-state index contributed by atoms with van der Waals surface area (Å²) in [5.74, 6) is 2.13. The molecular weight excluding hydrogens is 258 g/mol. The van der Waals surface area contributed by atoms with Crippen LogP contribution in [0, 0.1) is 0 Å². The first-order valence-corrected chi connectivity index (χ1v) is 7.61. The van der Waals surface area contributed by atoms with E-state index < -0.39 is 0 Å². The van der Waals surface area contributed by atoms with E-state index in [-0.39, 0.29) is 5.78 Å². The second-order valence-corrected chi connectivity index (χ2v) is 5.33. The molecule has 102 valence electrons. The third-order valence-corrected chi connectivity index (χ3v) is 3.91. The molecule has 2 rings (SSSR count). The quantitative estimate of drug-likeness (QED) is 0.730. The van der Waals surface area contributed by atoms with E-state index in [0.717, 1.165) is 42.3 Å².